The molecular weight excluding hydrogens is 254 g/mol. The summed E-state index contributed by atoms with van der Waals surface area (Å²) in [4.78, 5) is 13.9. The molecule has 1 aliphatic rings. The summed E-state index contributed by atoms with van der Waals surface area (Å²) in [7, 11) is 1.83. The van der Waals surface area contributed by atoms with E-state index in [1.165, 1.54) is 0 Å². The largest absolute Gasteiger partial charge is 0.381 e. The van der Waals surface area contributed by atoms with Crippen molar-refractivity contribution in [2.75, 3.05) is 25.6 Å². The normalized spacial score (nSPS) is 17.6. The van der Waals surface area contributed by atoms with Gasteiger partial charge in [-0.1, -0.05) is 12.1 Å². The quantitative estimate of drug-likeness (QED) is 0.891. The number of carbonyl (C=O) groups is 1. The molecule has 20 heavy (non-hydrogen) atoms. The standard InChI is InChI=1S/C15H23N3O2/c1-11(16)12-3-5-13(6-4-12)17-15(19)18(2)14-7-9-20-10-8-14/h3-6,11,14H,7-10,16H2,1-2H3,(H,17,19). The van der Waals surface area contributed by atoms with Crippen LogP contribution in [0.2, 0.25) is 0 Å². The van der Waals surface area contributed by atoms with E-state index in [0.717, 1.165) is 37.3 Å². The van der Waals surface area contributed by atoms with Gasteiger partial charge in [-0.05, 0) is 37.5 Å². The van der Waals surface area contributed by atoms with Crippen molar-refractivity contribution in [3.05, 3.63) is 29.8 Å². The molecule has 0 radical (unpaired) electrons. The summed E-state index contributed by atoms with van der Waals surface area (Å²) in [6, 6.07) is 7.83. The first-order valence-electron chi connectivity index (χ1n) is 7.05. The second kappa shape index (κ2) is 6.72. The fourth-order valence-corrected chi connectivity index (χ4v) is 2.32. The van der Waals surface area contributed by atoms with Crippen LogP contribution in [0.5, 0.6) is 0 Å². The Morgan fingerprint density at radius 2 is 1.95 bits per heavy atom. The smallest absolute Gasteiger partial charge is 0.321 e. The van der Waals surface area contributed by atoms with Crippen molar-refractivity contribution in [1.29, 1.82) is 0 Å². The number of ether oxygens (including phenoxy) is 1. The summed E-state index contributed by atoms with van der Waals surface area (Å²) >= 11 is 0. The van der Waals surface area contributed by atoms with Crippen LogP contribution in [0.15, 0.2) is 24.3 Å². The molecule has 2 amide bonds. The van der Waals surface area contributed by atoms with E-state index in [1.54, 1.807) is 4.90 Å². The molecule has 0 aliphatic carbocycles. The zero-order chi connectivity index (χ0) is 14.5. The van der Waals surface area contributed by atoms with Crippen molar-refractivity contribution in [1.82, 2.24) is 4.90 Å². The van der Waals surface area contributed by atoms with Crippen molar-refractivity contribution in [3.8, 4) is 0 Å². The third kappa shape index (κ3) is 3.71. The number of nitrogens with zero attached hydrogens (tertiary/aromatic N) is 1. The SMILES string of the molecule is CC(N)c1ccc(NC(=O)N(C)C2CCOCC2)cc1. The molecule has 1 aliphatic heterocycles. The summed E-state index contributed by atoms with van der Waals surface area (Å²) in [5, 5.41) is 2.91. The molecular formula is C15H23N3O2. The highest BCUT2D eigenvalue weighted by Crippen LogP contribution is 2.17. The molecule has 3 N–H and O–H groups in total. The molecule has 1 aromatic carbocycles. The van der Waals surface area contributed by atoms with Gasteiger partial charge in [-0.25, -0.2) is 4.79 Å². The highest BCUT2D eigenvalue weighted by Gasteiger charge is 2.22. The lowest BCUT2D eigenvalue weighted by Gasteiger charge is -2.31. The van der Waals surface area contributed by atoms with E-state index < -0.39 is 0 Å². The van der Waals surface area contributed by atoms with Gasteiger partial charge in [-0.15, -0.1) is 0 Å². The molecule has 1 atom stereocenters. The lowest BCUT2D eigenvalue weighted by Crippen LogP contribution is -2.42. The highest BCUT2D eigenvalue weighted by atomic mass is 16.5. The zero-order valence-corrected chi connectivity index (χ0v) is 12.1. The minimum absolute atomic E-state index is 0.00432. The van der Waals surface area contributed by atoms with Crippen LogP contribution in [0.1, 0.15) is 31.4 Å². The predicted octanol–water partition coefficient (Wildman–Crippen LogP) is 2.35. The number of amides is 2. The number of rotatable bonds is 3. The monoisotopic (exact) mass is 277 g/mol. The molecule has 1 saturated heterocycles. The number of benzene rings is 1. The molecule has 2 rings (SSSR count). The number of hydrogen-bond donors (Lipinski definition) is 2. The second-order valence-electron chi connectivity index (χ2n) is 5.30. The maximum absolute atomic E-state index is 12.2. The van der Waals surface area contributed by atoms with E-state index in [1.807, 2.05) is 38.2 Å². The van der Waals surface area contributed by atoms with Gasteiger partial charge in [0.2, 0.25) is 0 Å². The maximum Gasteiger partial charge on any atom is 0.321 e. The first-order valence-corrected chi connectivity index (χ1v) is 7.05. The first kappa shape index (κ1) is 14.8. The number of anilines is 1. The van der Waals surface area contributed by atoms with Gasteiger partial charge in [-0.3, -0.25) is 0 Å². The molecule has 1 unspecified atom stereocenters. The first-order chi connectivity index (χ1) is 9.58. The zero-order valence-electron chi connectivity index (χ0n) is 12.1. The molecule has 0 bridgehead atoms. The van der Waals surface area contributed by atoms with Crippen LogP contribution in [-0.2, 0) is 4.74 Å². The molecule has 1 fully saturated rings. The average molecular weight is 277 g/mol. The number of nitrogens with one attached hydrogen (secondary N) is 1. The van der Waals surface area contributed by atoms with Gasteiger partial charge < -0.3 is 20.7 Å². The van der Waals surface area contributed by atoms with Gasteiger partial charge >= 0.3 is 6.03 Å². The Morgan fingerprint density at radius 3 is 2.50 bits per heavy atom. The Balaban J connectivity index is 1.92. The minimum Gasteiger partial charge on any atom is -0.381 e. The van der Waals surface area contributed by atoms with Crippen LogP contribution in [0, 0.1) is 0 Å². The molecule has 1 aromatic rings. The third-order valence-corrected chi connectivity index (χ3v) is 3.75. The third-order valence-electron chi connectivity index (χ3n) is 3.75. The number of urea groups is 1. The Hall–Kier alpha value is -1.59. The van der Waals surface area contributed by atoms with Crippen LogP contribution < -0.4 is 11.1 Å². The summed E-state index contributed by atoms with van der Waals surface area (Å²) in [6.45, 7) is 3.39. The molecule has 5 heteroatoms. The molecule has 1 heterocycles. The van der Waals surface area contributed by atoms with Gasteiger partial charge in [0, 0.05) is 38.0 Å². The minimum atomic E-state index is -0.0783. The topological polar surface area (TPSA) is 67.6 Å². The number of carbonyl (C=O) groups excluding carboxylic acids is 1. The lowest BCUT2D eigenvalue weighted by molar-refractivity contribution is 0.0544. The van der Waals surface area contributed by atoms with Crippen LogP contribution in [0.25, 0.3) is 0 Å². The molecule has 0 aromatic heterocycles. The van der Waals surface area contributed by atoms with Crippen LogP contribution in [0.3, 0.4) is 0 Å². The Morgan fingerprint density at radius 1 is 1.35 bits per heavy atom. The van der Waals surface area contributed by atoms with E-state index in [2.05, 4.69) is 5.32 Å². The van der Waals surface area contributed by atoms with Gasteiger partial charge in [0.25, 0.3) is 0 Å². The van der Waals surface area contributed by atoms with Gasteiger partial charge in [-0.2, -0.15) is 0 Å². The molecule has 5 nitrogen and oxygen atoms in total. The second-order valence-corrected chi connectivity index (χ2v) is 5.30. The van der Waals surface area contributed by atoms with Crippen molar-refractivity contribution in [2.45, 2.75) is 31.8 Å². The van der Waals surface area contributed by atoms with Gasteiger partial charge in [0.1, 0.15) is 0 Å². The predicted molar refractivity (Wildman–Crippen MR) is 79.7 cm³/mol. The van der Waals surface area contributed by atoms with E-state index in [9.17, 15) is 4.79 Å². The van der Waals surface area contributed by atoms with Crippen LogP contribution in [0.4, 0.5) is 10.5 Å². The van der Waals surface area contributed by atoms with Crippen molar-refractivity contribution in [3.63, 3.8) is 0 Å². The van der Waals surface area contributed by atoms with E-state index in [-0.39, 0.29) is 18.1 Å². The molecule has 0 spiro atoms. The lowest BCUT2D eigenvalue weighted by atomic mass is 10.1. The van der Waals surface area contributed by atoms with Crippen molar-refractivity contribution in [2.24, 2.45) is 5.73 Å². The van der Waals surface area contributed by atoms with Crippen molar-refractivity contribution >= 4 is 11.7 Å². The molecule has 0 saturated carbocycles. The maximum atomic E-state index is 12.2. The van der Waals surface area contributed by atoms with Crippen LogP contribution in [-0.4, -0.2) is 37.2 Å². The Bertz CT molecular complexity index is 439. The van der Waals surface area contributed by atoms with Crippen molar-refractivity contribution < 1.29 is 9.53 Å². The molecule has 110 valence electrons. The summed E-state index contributed by atoms with van der Waals surface area (Å²) in [5.74, 6) is 0. The van der Waals surface area contributed by atoms with Gasteiger partial charge in [0.15, 0.2) is 0 Å². The van der Waals surface area contributed by atoms with E-state index in [0.29, 0.717) is 0 Å². The summed E-state index contributed by atoms with van der Waals surface area (Å²) in [6.07, 6.45) is 1.79. The van der Waals surface area contributed by atoms with E-state index >= 15 is 0 Å². The number of hydrogen-bond acceptors (Lipinski definition) is 3. The number of nitrogens with two attached hydrogens (primary N) is 1. The Labute approximate surface area is 120 Å². The summed E-state index contributed by atoms with van der Waals surface area (Å²) in [5.41, 5.74) is 7.65. The van der Waals surface area contributed by atoms with E-state index in [4.69, 9.17) is 10.5 Å². The highest BCUT2D eigenvalue weighted by molar-refractivity contribution is 5.89. The Kier molecular flexibility index (Phi) is 4.98. The van der Waals surface area contributed by atoms with Crippen LogP contribution >= 0.6 is 0 Å². The summed E-state index contributed by atoms with van der Waals surface area (Å²) < 4.78 is 5.31. The fourth-order valence-electron chi connectivity index (χ4n) is 2.32. The fraction of sp³-hybridized carbons (Fsp3) is 0.533. The average Bonchev–Trinajstić information content (AvgIpc) is 2.48. The van der Waals surface area contributed by atoms with Gasteiger partial charge in [0.05, 0.1) is 0 Å².